The number of anilines is 1. The summed E-state index contributed by atoms with van der Waals surface area (Å²) in [7, 11) is 0. The van der Waals surface area contributed by atoms with E-state index in [2.05, 4.69) is 5.32 Å². The molecule has 0 aliphatic carbocycles. The maximum atomic E-state index is 12.0. The van der Waals surface area contributed by atoms with Crippen LogP contribution in [-0.4, -0.2) is 24.9 Å². The molecule has 1 aliphatic rings. The number of hydrogen-bond acceptors (Lipinski definition) is 2. The Morgan fingerprint density at radius 3 is 2.65 bits per heavy atom. The van der Waals surface area contributed by atoms with Gasteiger partial charge in [-0.25, -0.2) is 0 Å². The van der Waals surface area contributed by atoms with E-state index in [1.165, 1.54) is 5.56 Å². The third kappa shape index (κ3) is 3.59. The normalized spacial score (nSPS) is 13.1. The van der Waals surface area contributed by atoms with E-state index in [-0.39, 0.29) is 11.8 Å². The zero-order chi connectivity index (χ0) is 16.2. The summed E-state index contributed by atoms with van der Waals surface area (Å²) in [5.74, 6) is 0.0766. The van der Waals surface area contributed by atoms with Crippen LogP contribution in [0, 0.1) is 6.92 Å². The molecule has 3 rings (SSSR count). The number of amides is 2. The predicted molar refractivity (Wildman–Crippen MR) is 90.4 cm³/mol. The molecule has 4 nitrogen and oxygen atoms in total. The lowest BCUT2D eigenvalue weighted by molar-refractivity contribution is -0.121. The molecule has 4 heteroatoms. The standard InChI is InChI=1S/C19H20N2O2/c1-14-6-8-15(9-7-14)12-18(22)20-10-11-21-17-5-3-2-4-16(17)13-19(21)23/h2-9H,10-13H2,1H3,(H,20,22). The fourth-order valence-electron chi connectivity index (χ4n) is 2.82. The number of carbonyl (C=O) groups excluding carboxylic acids is 2. The summed E-state index contributed by atoms with van der Waals surface area (Å²) in [5.41, 5.74) is 4.20. The Bertz CT molecular complexity index is 722. The third-order valence-corrected chi connectivity index (χ3v) is 4.07. The van der Waals surface area contributed by atoms with Gasteiger partial charge >= 0.3 is 0 Å². The summed E-state index contributed by atoms with van der Waals surface area (Å²) >= 11 is 0. The number of nitrogens with zero attached hydrogens (tertiary/aromatic N) is 1. The topological polar surface area (TPSA) is 49.4 Å². The molecule has 1 N–H and O–H groups in total. The van der Waals surface area contributed by atoms with Gasteiger partial charge in [-0.15, -0.1) is 0 Å². The number of rotatable bonds is 5. The van der Waals surface area contributed by atoms with Crippen molar-refractivity contribution in [2.75, 3.05) is 18.0 Å². The Labute approximate surface area is 136 Å². The lowest BCUT2D eigenvalue weighted by Crippen LogP contribution is -2.37. The van der Waals surface area contributed by atoms with E-state index in [9.17, 15) is 9.59 Å². The molecule has 0 bridgehead atoms. The van der Waals surface area contributed by atoms with Crippen molar-refractivity contribution < 1.29 is 9.59 Å². The van der Waals surface area contributed by atoms with Gasteiger partial charge in [0.2, 0.25) is 11.8 Å². The van der Waals surface area contributed by atoms with E-state index in [1.54, 1.807) is 4.90 Å². The minimum atomic E-state index is -0.0196. The van der Waals surface area contributed by atoms with Crippen LogP contribution >= 0.6 is 0 Å². The quantitative estimate of drug-likeness (QED) is 0.921. The molecule has 23 heavy (non-hydrogen) atoms. The Balaban J connectivity index is 1.50. The maximum absolute atomic E-state index is 12.0. The summed E-state index contributed by atoms with van der Waals surface area (Å²) < 4.78 is 0. The predicted octanol–water partition coefficient (Wildman–Crippen LogP) is 2.24. The minimum Gasteiger partial charge on any atom is -0.354 e. The van der Waals surface area contributed by atoms with Crippen molar-refractivity contribution in [1.82, 2.24) is 5.32 Å². The molecule has 2 amide bonds. The molecule has 0 aromatic heterocycles. The molecule has 0 saturated heterocycles. The van der Waals surface area contributed by atoms with Crippen LogP contribution in [-0.2, 0) is 22.4 Å². The average molecular weight is 308 g/mol. The van der Waals surface area contributed by atoms with Gasteiger partial charge in [-0.1, -0.05) is 48.0 Å². The van der Waals surface area contributed by atoms with Gasteiger partial charge in [0.05, 0.1) is 12.8 Å². The van der Waals surface area contributed by atoms with Crippen LogP contribution in [0.4, 0.5) is 5.69 Å². The number of benzene rings is 2. The molecule has 0 unspecified atom stereocenters. The van der Waals surface area contributed by atoms with Gasteiger partial charge in [-0.2, -0.15) is 0 Å². The molecular formula is C19H20N2O2. The monoisotopic (exact) mass is 308 g/mol. The summed E-state index contributed by atoms with van der Waals surface area (Å²) in [4.78, 5) is 25.8. The molecule has 0 saturated carbocycles. The average Bonchev–Trinajstić information content (AvgIpc) is 2.86. The Morgan fingerprint density at radius 2 is 1.87 bits per heavy atom. The molecule has 2 aromatic carbocycles. The molecule has 2 aromatic rings. The highest BCUT2D eigenvalue weighted by Gasteiger charge is 2.26. The smallest absolute Gasteiger partial charge is 0.231 e. The van der Waals surface area contributed by atoms with Crippen molar-refractivity contribution in [3.63, 3.8) is 0 Å². The molecular weight excluding hydrogens is 288 g/mol. The first kappa shape index (κ1) is 15.3. The summed E-state index contributed by atoms with van der Waals surface area (Å²) in [5, 5.41) is 2.89. The molecule has 1 heterocycles. The zero-order valence-electron chi connectivity index (χ0n) is 13.2. The van der Waals surface area contributed by atoms with Crippen LogP contribution in [0.15, 0.2) is 48.5 Å². The minimum absolute atomic E-state index is 0.0196. The first-order valence-corrected chi connectivity index (χ1v) is 7.84. The van der Waals surface area contributed by atoms with Gasteiger partial charge < -0.3 is 10.2 Å². The van der Waals surface area contributed by atoms with Crippen molar-refractivity contribution in [1.29, 1.82) is 0 Å². The van der Waals surface area contributed by atoms with Gasteiger partial charge in [0.25, 0.3) is 0 Å². The summed E-state index contributed by atoms with van der Waals surface area (Å²) in [6.45, 7) is 3.00. The number of nitrogens with one attached hydrogen (secondary N) is 1. The number of fused-ring (bicyclic) bond motifs is 1. The van der Waals surface area contributed by atoms with Crippen LogP contribution in [0.25, 0.3) is 0 Å². The number of hydrogen-bond donors (Lipinski definition) is 1. The van der Waals surface area contributed by atoms with Gasteiger partial charge in [0, 0.05) is 18.8 Å². The zero-order valence-corrected chi connectivity index (χ0v) is 13.2. The Kier molecular flexibility index (Phi) is 4.42. The van der Waals surface area contributed by atoms with Crippen molar-refractivity contribution >= 4 is 17.5 Å². The molecule has 0 spiro atoms. The van der Waals surface area contributed by atoms with Gasteiger partial charge in [0.1, 0.15) is 0 Å². The van der Waals surface area contributed by atoms with E-state index < -0.39 is 0 Å². The fourth-order valence-corrected chi connectivity index (χ4v) is 2.82. The first-order chi connectivity index (χ1) is 11.1. The highest BCUT2D eigenvalue weighted by molar-refractivity contribution is 6.01. The Morgan fingerprint density at radius 1 is 1.13 bits per heavy atom. The number of para-hydroxylation sites is 1. The van der Waals surface area contributed by atoms with E-state index >= 15 is 0 Å². The number of aryl methyl sites for hydroxylation is 1. The largest absolute Gasteiger partial charge is 0.354 e. The molecule has 0 radical (unpaired) electrons. The lowest BCUT2D eigenvalue weighted by Gasteiger charge is -2.17. The van der Waals surface area contributed by atoms with Gasteiger partial charge in [-0.3, -0.25) is 9.59 Å². The maximum Gasteiger partial charge on any atom is 0.231 e. The first-order valence-electron chi connectivity index (χ1n) is 7.84. The molecule has 0 atom stereocenters. The SMILES string of the molecule is Cc1ccc(CC(=O)NCCN2C(=O)Cc3ccccc32)cc1. The highest BCUT2D eigenvalue weighted by atomic mass is 16.2. The van der Waals surface area contributed by atoms with Crippen LogP contribution in [0.3, 0.4) is 0 Å². The van der Waals surface area contributed by atoms with Gasteiger partial charge in [0.15, 0.2) is 0 Å². The summed E-state index contributed by atoms with van der Waals surface area (Å²) in [6.07, 6.45) is 0.818. The van der Waals surface area contributed by atoms with Crippen LogP contribution < -0.4 is 10.2 Å². The second kappa shape index (κ2) is 6.65. The van der Waals surface area contributed by atoms with Crippen molar-refractivity contribution in [3.05, 3.63) is 65.2 Å². The van der Waals surface area contributed by atoms with Gasteiger partial charge in [-0.05, 0) is 24.1 Å². The van der Waals surface area contributed by atoms with E-state index in [0.717, 1.165) is 16.8 Å². The second-order valence-electron chi connectivity index (χ2n) is 5.86. The molecule has 118 valence electrons. The third-order valence-electron chi connectivity index (χ3n) is 4.07. The van der Waals surface area contributed by atoms with E-state index in [4.69, 9.17) is 0 Å². The van der Waals surface area contributed by atoms with Crippen molar-refractivity contribution in [3.8, 4) is 0 Å². The lowest BCUT2D eigenvalue weighted by atomic mass is 10.1. The van der Waals surface area contributed by atoms with Crippen LogP contribution in [0.1, 0.15) is 16.7 Å². The van der Waals surface area contributed by atoms with Crippen molar-refractivity contribution in [2.45, 2.75) is 19.8 Å². The Hall–Kier alpha value is -2.62. The van der Waals surface area contributed by atoms with E-state index in [1.807, 2.05) is 55.5 Å². The molecule has 1 aliphatic heterocycles. The fraction of sp³-hybridized carbons (Fsp3) is 0.263. The second-order valence-corrected chi connectivity index (χ2v) is 5.86. The van der Waals surface area contributed by atoms with Crippen LogP contribution in [0.5, 0.6) is 0 Å². The number of carbonyl (C=O) groups is 2. The van der Waals surface area contributed by atoms with Crippen LogP contribution in [0.2, 0.25) is 0 Å². The van der Waals surface area contributed by atoms with Crippen molar-refractivity contribution in [2.24, 2.45) is 0 Å². The van der Waals surface area contributed by atoms with E-state index in [0.29, 0.717) is 25.9 Å². The highest BCUT2D eigenvalue weighted by Crippen LogP contribution is 2.27. The summed E-state index contributed by atoms with van der Waals surface area (Å²) in [6, 6.07) is 15.7. The molecule has 0 fully saturated rings.